The van der Waals surface area contributed by atoms with E-state index in [4.69, 9.17) is 23.2 Å². The second kappa shape index (κ2) is 6.64. The van der Waals surface area contributed by atoms with Crippen molar-refractivity contribution < 1.29 is 4.92 Å². The van der Waals surface area contributed by atoms with E-state index in [1.165, 1.54) is 37.8 Å². The Hall–Kier alpha value is -1.00. The Balaban J connectivity index is 2.04. The van der Waals surface area contributed by atoms with Gasteiger partial charge in [0.1, 0.15) is 0 Å². The molecule has 1 aromatic carbocycles. The first-order valence-corrected chi connectivity index (χ1v) is 7.60. The van der Waals surface area contributed by atoms with E-state index in [1.54, 1.807) is 0 Å². The number of halogens is 2. The molecule has 2 unspecified atom stereocenters. The lowest BCUT2D eigenvalue weighted by molar-refractivity contribution is -0.384. The highest BCUT2D eigenvalue weighted by Crippen LogP contribution is 2.36. The van der Waals surface area contributed by atoms with Gasteiger partial charge < -0.3 is 5.32 Å². The van der Waals surface area contributed by atoms with Gasteiger partial charge in [-0.05, 0) is 24.7 Å². The van der Waals surface area contributed by atoms with Crippen LogP contribution in [0, 0.1) is 22.0 Å². The van der Waals surface area contributed by atoms with E-state index in [0.29, 0.717) is 21.7 Å². The molecule has 4 nitrogen and oxygen atoms in total. The number of benzene rings is 1. The van der Waals surface area contributed by atoms with E-state index in [-0.39, 0.29) is 5.69 Å². The van der Waals surface area contributed by atoms with E-state index < -0.39 is 4.92 Å². The third-order valence-corrected chi connectivity index (χ3v) is 4.45. The maximum Gasteiger partial charge on any atom is 0.272 e. The lowest BCUT2D eigenvalue weighted by atomic mass is 9.82. The molecular formula is C14H18Cl2N2O2. The van der Waals surface area contributed by atoms with Gasteiger partial charge in [0.2, 0.25) is 0 Å². The van der Waals surface area contributed by atoms with Gasteiger partial charge in [-0.3, -0.25) is 10.1 Å². The second-order valence-corrected chi connectivity index (χ2v) is 6.37. The molecule has 0 aromatic heterocycles. The van der Waals surface area contributed by atoms with Gasteiger partial charge in [-0.15, -0.1) is 0 Å². The standard InChI is InChI=1S/C14H18Cl2N2O2/c1-9-3-2-4-10(5-9)8-17-14-12(15)6-11(18(19)20)7-13(14)16/h6-7,9-10,17H,2-5,8H2,1H3. The van der Waals surface area contributed by atoms with Gasteiger partial charge in [0, 0.05) is 18.7 Å². The Morgan fingerprint density at radius 2 is 2.00 bits per heavy atom. The van der Waals surface area contributed by atoms with Crippen LogP contribution in [0.1, 0.15) is 32.6 Å². The SMILES string of the molecule is CC1CCCC(CNc2c(Cl)cc([N+](=O)[O-])cc2Cl)C1. The summed E-state index contributed by atoms with van der Waals surface area (Å²) >= 11 is 12.1. The van der Waals surface area contributed by atoms with E-state index >= 15 is 0 Å². The predicted molar refractivity (Wildman–Crippen MR) is 82.7 cm³/mol. The maximum absolute atomic E-state index is 10.7. The van der Waals surface area contributed by atoms with Gasteiger partial charge in [-0.2, -0.15) is 0 Å². The smallest absolute Gasteiger partial charge is 0.272 e. The second-order valence-electron chi connectivity index (χ2n) is 5.56. The molecule has 1 aromatic rings. The van der Waals surface area contributed by atoms with Crippen molar-refractivity contribution in [2.24, 2.45) is 11.8 Å². The summed E-state index contributed by atoms with van der Waals surface area (Å²) in [5.41, 5.74) is 0.508. The molecule has 0 saturated heterocycles. The summed E-state index contributed by atoms with van der Waals surface area (Å²) in [4.78, 5) is 10.2. The van der Waals surface area contributed by atoms with Crippen molar-refractivity contribution >= 4 is 34.6 Å². The third-order valence-electron chi connectivity index (χ3n) is 3.85. The number of hydrogen-bond donors (Lipinski definition) is 1. The van der Waals surface area contributed by atoms with Gasteiger partial charge in [-0.1, -0.05) is 43.0 Å². The molecule has 110 valence electrons. The minimum atomic E-state index is -0.496. The highest BCUT2D eigenvalue weighted by atomic mass is 35.5. The molecule has 0 spiro atoms. The summed E-state index contributed by atoms with van der Waals surface area (Å²) < 4.78 is 0. The van der Waals surface area contributed by atoms with Crippen LogP contribution in [0.3, 0.4) is 0 Å². The first-order chi connectivity index (χ1) is 9.47. The molecule has 6 heteroatoms. The zero-order valence-electron chi connectivity index (χ0n) is 11.4. The van der Waals surface area contributed by atoms with E-state index in [0.717, 1.165) is 12.5 Å². The Labute approximate surface area is 128 Å². The van der Waals surface area contributed by atoms with Crippen LogP contribution in [0.15, 0.2) is 12.1 Å². The third kappa shape index (κ3) is 3.76. The number of anilines is 1. The van der Waals surface area contributed by atoms with Crippen molar-refractivity contribution in [1.29, 1.82) is 0 Å². The summed E-state index contributed by atoms with van der Waals surface area (Å²) in [6.07, 6.45) is 4.97. The fourth-order valence-corrected chi connectivity index (χ4v) is 3.43. The Bertz CT molecular complexity index is 485. The van der Waals surface area contributed by atoms with Crippen LogP contribution in [0.2, 0.25) is 10.0 Å². The fraction of sp³-hybridized carbons (Fsp3) is 0.571. The predicted octanol–water partition coefficient (Wildman–Crippen LogP) is 5.14. The normalized spacial score (nSPS) is 22.6. The number of nitrogens with one attached hydrogen (secondary N) is 1. The van der Waals surface area contributed by atoms with E-state index in [2.05, 4.69) is 12.2 Å². The molecule has 0 aliphatic heterocycles. The minimum Gasteiger partial charge on any atom is -0.382 e. The number of nitro groups is 1. The zero-order chi connectivity index (χ0) is 14.7. The van der Waals surface area contributed by atoms with Crippen molar-refractivity contribution in [2.45, 2.75) is 32.6 Å². The zero-order valence-corrected chi connectivity index (χ0v) is 12.9. The molecule has 20 heavy (non-hydrogen) atoms. The molecule has 0 amide bonds. The molecular weight excluding hydrogens is 299 g/mol. The number of hydrogen-bond acceptors (Lipinski definition) is 3. The van der Waals surface area contributed by atoms with Crippen LogP contribution in [-0.2, 0) is 0 Å². The van der Waals surface area contributed by atoms with Gasteiger partial charge in [-0.25, -0.2) is 0 Å². The summed E-state index contributed by atoms with van der Waals surface area (Å²) in [5, 5.41) is 14.6. The van der Waals surface area contributed by atoms with Crippen molar-refractivity contribution in [3.05, 3.63) is 32.3 Å². The minimum absolute atomic E-state index is 0.0863. The number of non-ortho nitro benzene ring substituents is 1. The van der Waals surface area contributed by atoms with Gasteiger partial charge in [0.25, 0.3) is 5.69 Å². The van der Waals surface area contributed by atoms with Crippen molar-refractivity contribution in [1.82, 2.24) is 0 Å². The van der Waals surface area contributed by atoms with Crippen LogP contribution >= 0.6 is 23.2 Å². The van der Waals surface area contributed by atoms with Crippen molar-refractivity contribution in [3.8, 4) is 0 Å². The van der Waals surface area contributed by atoms with Crippen LogP contribution < -0.4 is 5.32 Å². The Kier molecular flexibility index (Phi) is 5.11. The average Bonchev–Trinajstić information content (AvgIpc) is 2.37. The monoisotopic (exact) mass is 316 g/mol. The first kappa shape index (κ1) is 15.4. The summed E-state index contributed by atoms with van der Waals surface area (Å²) in [6, 6.07) is 2.67. The maximum atomic E-state index is 10.7. The Morgan fingerprint density at radius 1 is 1.35 bits per heavy atom. The van der Waals surface area contributed by atoms with Crippen molar-refractivity contribution in [3.63, 3.8) is 0 Å². The van der Waals surface area contributed by atoms with Gasteiger partial charge in [0.05, 0.1) is 20.7 Å². The lowest BCUT2D eigenvalue weighted by Gasteiger charge is -2.27. The summed E-state index contributed by atoms with van der Waals surface area (Å²) in [5.74, 6) is 1.37. The molecule has 1 aliphatic carbocycles. The number of nitrogens with zero attached hydrogens (tertiary/aromatic N) is 1. The van der Waals surface area contributed by atoms with Gasteiger partial charge in [0.15, 0.2) is 0 Å². The molecule has 0 radical (unpaired) electrons. The summed E-state index contributed by atoms with van der Waals surface area (Å²) in [7, 11) is 0. The number of rotatable bonds is 4. The molecule has 1 N–H and O–H groups in total. The topological polar surface area (TPSA) is 55.2 Å². The largest absolute Gasteiger partial charge is 0.382 e. The van der Waals surface area contributed by atoms with E-state index in [1.807, 2.05) is 0 Å². The molecule has 1 saturated carbocycles. The van der Waals surface area contributed by atoms with E-state index in [9.17, 15) is 10.1 Å². The molecule has 1 aliphatic rings. The number of nitro benzene ring substituents is 1. The van der Waals surface area contributed by atoms with Crippen LogP contribution in [0.25, 0.3) is 0 Å². The Morgan fingerprint density at radius 3 is 2.55 bits per heavy atom. The molecule has 0 heterocycles. The van der Waals surface area contributed by atoms with Crippen LogP contribution in [-0.4, -0.2) is 11.5 Å². The average molecular weight is 317 g/mol. The van der Waals surface area contributed by atoms with Gasteiger partial charge >= 0.3 is 0 Å². The molecule has 2 atom stereocenters. The fourth-order valence-electron chi connectivity index (χ4n) is 2.83. The van der Waals surface area contributed by atoms with Crippen molar-refractivity contribution in [2.75, 3.05) is 11.9 Å². The quantitative estimate of drug-likeness (QED) is 0.618. The molecule has 2 rings (SSSR count). The lowest BCUT2D eigenvalue weighted by Crippen LogP contribution is -2.21. The summed E-state index contributed by atoms with van der Waals surface area (Å²) in [6.45, 7) is 3.08. The van der Waals surface area contributed by atoms with Crippen LogP contribution in [0.5, 0.6) is 0 Å². The molecule has 1 fully saturated rings. The van der Waals surface area contributed by atoms with Crippen LogP contribution in [0.4, 0.5) is 11.4 Å². The highest BCUT2D eigenvalue weighted by molar-refractivity contribution is 6.39. The first-order valence-electron chi connectivity index (χ1n) is 6.84. The molecule has 0 bridgehead atoms. The highest BCUT2D eigenvalue weighted by Gasteiger charge is 2.20.